The van der Waals surface area contributed by atoms with E-state index in [1.54, 1.807) is 12.1 Å². The largest absolute Gasteiger partial charge is 0.497 e. The average molecular weight is 428 g/mol. The number of aromatic nitrogens is 1. The molecule has 1 atom stereocenters. The zero-order valence-electron chi connectivity index (χ0n) is 17.2. The third-order valence-corrected chi connectivity index (χ3v) is 4.45. The van der Waals surface area contributed by atoms with Gasteiger partial charge < -0.3 is 24.1 Å². The van der Waals surface area contributed by atoms with Gasteiger partial charge in [-0.05, 0) is 39.0 Å². The van der Waals surface area contributed by atoms with Crippen molar-refractivity contribution >= 4 is 17.6 Å². The molecule has 2 rings (SSSR count). The maximum atomic E-state index is 12.7. The molecular weight excluding hydrogens is 405 g/mol. The second-order valence-corrected chi connectivity index (χ2v) is 6.59. The summed E-state index contributed by atoms with van der Waals surface area (Å²) in [5, 5.41) is 2.58. The first-order chi connectivity index (χ1) is 14.0. The first-order valence-corrected chi connectivity index (χ1v) is 8.94. The summed E-state index contributed by atoms with van der Waals surface area (Å²) in [6, 6.07) is 6.09. The first-order valence-electron chi connectivity index (χ1n) is 8.94. The van der Waals surface area contributed by atoms with Crippen molar-refractivity contribution in [2.24, 2.45) is 0 Å². The maximum absolute atomic E-state index is 12.7. The molecule has 30 heavy (non-hydrogen) atoms. The summed E-state index contributed by atoms with van der Waals surface area (Å²) in [5.74, 6) is -0.679. The van der Waals surface area contributed by atoms with Gasteiger partial charge in [-0.25, -0.2) is 4.79 Å². The van der Waals surface area contributed by atoms with Crippen LogP contribution in [0.25, 0.3) is 0 Å². The van der Waals surface area contributed by atoms with E-state index in [-0.39, 0.29) is 17.0 Å². The fourth-order valence-corrected chi connectivity index (χ4v) is 2.85. The van der Waals surface area contributed by atoms with Crippen molar-refractivity contribution in [2.45, 2.75) is 39.6 Å². The second-order valence-electron chi connectivity index (χ2n) is 6.59. The molecule has 0 radical (unpaired) electrons. The highest BCUT2D eigenvalue weighted by atomic mass is 19.4. The van der Waals surface area contributed by atoms with Crippen LogP contribution in [0.5, 0.6) is 11.5 Å². The zero-order valence-corrected chi connectivity index (χ0v) is 17.2. The Kier molecular flexibility index (Phi) is 7.01. The Morgan fingerprint density at radius 1 is 1.13 bits per heavy atom. The molecule has 1 aromatic carbocycles. The van der Waals surface area contributed by atoms with Crippen molar-refractivity contribution in [3.63, 3.8) is 0 Å². The second kappa shape index (κ2) is 9.10. The highest BCUT2D eigenvalue weighted by Crippen LogP contribution is 2.29. The van der Waals surface area contributed by atoms with Crippen molar-refractivity contribution in [3.05, 3.63) is 41.2 Å². The number of halogens is 3. The molecule has 10 heteroatoms. The molecule has 7 nitrogen and oxygen atoms in total. The van der Waals surface area contributed by atoms with Gasteiger partial charge in [-0.2, -0.15) is 13.2 Å². The highest BCUT2D eigenvalue weighted by Gasteiger charge is 2.31. The number of hydrogen-bond donors (Lipinski definition) is 1. The van der Waals surface area contributed by atoms with Gasteiger partial charge in [-0.15, -0.1) is 0 Å². The fourth-order valence-electron chi connectivity index (χ4n) is 2.85. The maximum Gasteiger partial charge on any atom is 0.406 e. The predicted molar refractivity (Wildman–Crippen MR) is 103 cm³/mol. The number of anilines is 1. The van der Waals surface area contributed by atoms with Crippen LogP contribution in [-0.2, 0) is 16.1 Å². The number of nitrogens with one attached hydrogen (secondary N) is 1. The van der Waals surface area contributed by atoms with Crippen molar-refractivity contribution in [1.82, 2.24) is 4.57 Å². The minimum absolute atomic E-state index is 0.0321. The summed E-state index contributed by atoms with van der Waals surface area (Å²) in [6.45, 7) is 2.99. The lowest BCUT2D eigenvalue weighted by atomic mass is 10.2. The Balaban J connectivity index is 2.13. The zero-order chi connectivity index (χ0) is 22.6. The van der Waals surface area contributed by atoms with E-state index >= 15 is 0 Å². The van der Waals surface area contributed by atoms with Gasteiger partial charge in [0.05, 0.1) is 25.5 Å². The van der Waals surface area contributed by atoms with E-state index in [4.69, 9.17) is 14.2 Å². The molecule has 0 fully saturated rings. The Hall–Kier alpha value is -3.17. The van der Waals surface area contributed by atoms with E-state index in [9.17, 15) is 22.8 Å². The summed E-state index contributed by atoms with van der Waals surface area (Å²) in [6.07, 6.45) is -5.64. The minimum atomic E-state index is -4.43. The summed E-state index contributed by atoms with van der Waals surface area (Å²) < 4.78 is 54.6. The molecule has 0 spiro atoms. The molecule has 1 aromatic heterocycles. The van der Waals surface area contributed by atoms with Crippen LogP contribution in [-0.4, -0.2) is 42.9 Å². The molecule has 0 aliphatic carbocycles. The number of rotatable bonds is 7. The average Bonchev–Trinajstić information content (AvgIpc) is 2.94. The van der Waals surface area contributed by atoms with Gasteiger partial charge in [0.2, 0.25) is 0 Å². The number of alkyl halides is 3. The molecule has 164 valence electrons. The van der Waals surface area contributed by atoms with Crippen LogP contribution in [0.2, 0.25) is 0 Å². The van der Waals surface area contributed by atoms with Crippen molar-refractivity contribution < 1.29 is 37.0 Å². The molecule has 0 aliphatic heterocycles. The molecule has 0 unspecified atom stereocenters. The number of carbonyl (C=O) groups excluding carboxylic acids is 2. The smallest absolute Gasteiger partial charge is 0.406 e. The van der Waals surface area contributed by atoms with E-state index < -0.39 is 30.7 Å². The lowest BCUT2D eigenvalue weighted by Crippen LogP contribution is -2.30. The topological polar surface area (TPSA) is 78.8 Å². The van der Waals surface area contributed by atoms with Gasteiger partial charge in [-0.3, -0.25) is 4.79 Å². The molecular formula is C20H23F3N2O5. The highest BCUT2D eigenvalue weighted by molar-refractivity contribution is 5.98. The van der Waals surface area contributed by atoms with Crippen LogP contribution in [0, 0.1) is 13.8 Å². The molecule has 0 saturated heterocycles. The molecule has 0 bridgehead atoms. The lowest BCUT2D eigenvalue weighted by Gasteiger charge is -2.16. The molecule has 0 aliphatic rings. The van der Waals surface area contributed by atoms with Gasteiger partial charge in [0, 0.05) is 17.5 Å². The molecule has 1 heterocycles. The fraction of sp³-hybridized carbons (Fsp3) is 0.400. The van der Waals surface area contributed by atoms with E-state index in [0.29, 0.717) is 17.2 Å². The number of esters is 1. The number of hydrogen-bond acceptors (Lipinski definition) is 5. The third-order valence-electron chi connectivity index (χ3n) is 4.45. The molecule has 0 saturated carbocycles. The Labute approximate surface area is 171 Å². The standard InChI is InChI=1S/C20H23F3N2O5/c1-11-8-15(12(2)25(11)10-20(21,22)23)19(27)30-13(3)18(26)24-16-9-14(28-4)6-7-17(16)29-5/h6-9,13H,10H2,1-5H3,(H,24,26)/t13-/m0/s1. The van der Waals surface area contributed by atoms with Crippen LogP contribution in [0.15, 0.2) is 24.3 Å². The third kappa shape index (κ3) is 5.46. The summed E-state index contributed by atoms with van der Waals surface area (Å²) in [7, 11) is 2.89. The van der Waals surface area contributed by atoms with Crippen molar-refractivity contribution in [3.8, 4) is 11.5 Å². The number of carbonyl (C=O) groups is 2. The van der Waals surface area contributed by atoms with E-state index in [1.165, 1.54) is 47.1 Å². The van der Waals surface area contributed by atoms with E-state index in [2.05, 4.69) is 5.32 Å². The van der Waals surface area contributed by atoms with Crippen LogP contribution in [0.1, 0.15) is 28.7 Å². The number of benzene rings is 1. The van der Waals surface area contributed by atoms with Gasteiger partial charge in [0.25, 0.3) is 5.91 Å². The van der Waals surface area contributed by atoms with Gasteiger partial charge >= 0.3 is 12.1 Å². The number of aryl methyl sites for hydroxylation is 1. The van der Waals surface area contributed by atoms with Gasteiger partial charge in [0.15, 0.2) is 6.10 Å². The van der Waals surface area contributed by atoms with Crippen LogP contribution in [0.3, 0.4) is 0 Å². The van der Waals surface area contributed by atoms with Gasteiger partial charge in [0.1, 0.15) is 18.0 Å². The quantitative estimate of drug-likeness (QED) is 0.678. The first kappa shape index (κ1) is 23.1. The van der Waals surface area contributed by atoms with E-state index in [1.807, 2.05) is 0 Å². The van der Waals surface area contributed by atoms with Crippen LogP contribution >= 0.6 is 0 Å². The minimum Gasteiger partial charge on any atom is -0.497 e. The molecule has 2 aromatic rings. The predicted octanol–water partition coefficient (Wildman–Crippen LogP) is 3.87. The summed E-state index contributed by atoms with van der Waals surface area (Å²) in [5.41, 5.74) is 0.648. The number of amides is 1. The van der Waals surface area contributed by atoms with Crippen LogP contribution in [0.4, 0.5) is 18.9 Å². The number of nitrogens with zero attached hydrogens (tertiary/aromatic N) is 1. The number of methoxy groups -OCH3 is 2. The van der Waals surface area contributed by atoms with Crippen molar-refractivity contribution in [1.29, 1.82) is 0 Å². The Morgan fingerprint density at radius 3 is 2.37 bits per heavy atom. The normalized spacial score (nSPS) is 12.3. The molecule has 1 N–H and O–H groups in total. The number of ether oxygens (including phenoxy) is 3. The Bertz CT molecular complexity index is 937. The van der Waals surface area contributed by atoms with Crippen LogP contribution < -0.4 is 14.8 Å². The summed E-state index contributed by atoms with van der Waals surface area (Å²) >= 11 is 0. The van der Waals surface area contributed by atoms with Gasteiger partial charge in [-0.1, -0.05) is 0 Å². The van der Waals surface area contributed by atoms with E-state index in [0.717, 1.165) is 4.57 Å². The SMILES string of the molecule is COc1ccc(OC)c(NC(=O)[C@H](C)OC(=O)c2cc(C)n(CC(F)(F)F)c2C)c1. The molecule has 1 amide bonds. The van der Waals surface area contributed by atoms with Crippen molar-refractivity contribution in [2.75, 3.05) is 19.5 Å². The monoisotopic (exact) mass is 428 g/mol. The lowest BCUT2D eigenvalue weighted by molar-refractivity contribution is -0.141. The Morgan fingerprint density at radius 2 is 1.80 bits per heavy atom. The summed E-state index contributed by atoms with van der Waals surface area (Å²) in [4.78, 5) is 24.9.